The van der Waals surface area contributed by atoms with E-state index in [0.29, 0.717) is 18.4 Å². The van der Waals surface area contributed by atoms with Gasteiger partial charge in [-0.1, -0.05) is 28.1 Å². The molecule has 0 aliphatic heterocycles. The van der Waals surface area contributed by atoms with Crippen molar-refractivity contribution >= 4 is 38.6 Å². The van der Waals surface area contributed by atoms with Crippen LogP contribution in [0.5, 0.6) is 0 Å². The average molecular weight is 376 g/mol. The Morgan fingerprint density at radius 3 is 2.35 bits per heavy atom. The Morgan fingerprint density at radius 2 is 1.65 bits per heavy atom. The Bertz CT molecular complexity index is 751. The monoisotopic (exact) mass is 375 g/mol. The maximum absolute atomic E-state index is 12.4. The molecule has 0 bridgehead atoms. The SMILES string of the molecule is O=C(NC1CCC(C(=O)O)CC1)c1ccc2cc(Br)ccc2c1. The normalized spacial score (nSPS) is 21.1. The summed E-state index contributed by atoms with van der Waals surface area (Å²) in [5.41, 5.74) is 0.639. The van der Waals surface area contributed by atoms with Crippen LogP contribution in [0, 0.1) is 5.92 Å². The molecule has 1 saturated carbocycles. The van der Waals surface area contributed by atoms with Gasteiger partial charge in [0.25, 0.3) is 5.91 Å². The molecule has 23 heavy (non-hydrogen) atoms. The van der Waals surface area contributed by atoms with Crippen LogP contribution in [0.25, 0.3) is 10.8 Å². The molecule has 0 unspecified atom stereocenters. The molecule has 1 amide bonds. The highest BCUT2D eigenvalue weighted by Crippen LogP contribution is 2.25. The standard InChI is InChI=1S/C18H18BrNO3/c19-15-6-3-12-9-14(2-1-13(12)10-15)17(21)20-16-7-4-11(5-8-16)18(22)23/h1-3,6,9-11,16H,4-5,7-8H2,(H,20,21)(H,22,23). The maximum atomic E-state index is 12.4. The number of aliphatic carboxylic acids is 1. The largest absolute Gasteiger partial charge is 0.481 e. The van der Waals surface area contributed by atoms with E-state index in [4.69, 9.17) is 5.11 Å². The number of hydrogen-bond donors (Lipinski definition) is 2. The summed E-state index contributed by atoms with van der Waals surface area (Å²) in [4.78, 5) is 23.4. The number of carboxylic acids is 1. The first-order valence-electron chi connectivity index (χ1n) is 7.76. The predicted molar refractivity (Wildman–Crippen MR) is 92.5 cm³/mol. The second-order valence-corrected chi connectivity index (χ2v) is 6.98. The van der Waals surface area contributed by atoms with Gasteiger partial charge in [-0.05, 0) is 60.7 Å². The Morgan fingerprint density at radius 1 is 1.00 bits per heavy atom. The number of amides is 1. The van der Waals surface area contributed by atoms with Gasteiger partial charge in [0.2, 0.25) is 0 Å². The first-order valence-corrected chi connectivity index (χ1v) is 8.55. The van der Waals surface area contributed by atoms with Crippen molar-refractivity contribution in [2.45, 2.75) is 31.7 Å². The summed E-state index contributed by atoms with van der Waals surface area (Å²) >= 11 is 3.44. The zero-order chi connectivity index (χ0) is 16.4. The van der Waals surface area contributed by atoms with Crippen molar-refractivity contribution in [3.8, 4) is 0 Å². The summed E-state index contributed by atoms with van der Waals surface area (Å²) < 4.78 is 1.01. The first kappa shape index (κ1) is 16.0. The third kappa shape index (κ3) is 3.72. The molecule has 2 N–H and O–H groups in total. The van der Waals surface area contributed by atoms with Crippen LogP contribution in [0.2, 0.25) is 0 Å². The summed E-state index contributed by atoms with van der Waals surface area (Å²) in [5, 5.41) is 14.1. The van der Waals surface area contributed by atoms with Crippen molar-refractivity contribution in [1.82, 2.24) is 5.32 Å². The fourth-order valence-corrected chi connectivity index (χ4v) is 3.49. The number of carboxylic acid groups (broad SMARTS) is 1. The number of halogens is 1. The average Bonchev–Trinajstić information content (AvgIpc) is 2.54. The van der Waals surface area contributed by atoms with Crippen LogP contribution in [0.1, 0.15) is 36.0 Å². The van der Waals surface area contributed by atoms with Gasteiger partial charge in [-0.3, -0.25) is 9.59 Å². The molecule has 5 heteroatoms. The molecule has 1 fully saturated rings. The number of hydrogen-bond acceptors (Lipinski definition) is 2. The highest BCUT2D eigenvalue weighted by atomic mass is 79.9. The van der Waals surface area contributed by atoms with Gasteiger partial charge in [0.15, 0.2) is 0 Å². The van der Waals surface area contributed by atoms with Crippen molar-refractivity contribution in [3.05, 3.63) is 46.4 Å². The molecule has 3 rings (SSSR count). The smallest absolute Gasteiger partial charge is 0.306 e. The minimum atomic E-state index is -0.726. The maximum Gasteiger partial charge on any atom is 0.306 e. The topological polar surface area (TPSA) is 66.4 Å². The van der Waals surface area contributed by atoms with Crippen LogP contribution in [-0.4, -0.2) is 23.0 Å². The number of nitrogens with one attached hydrogen (secondary N) is 1. The Kier molecular flexibility index (Phi) is 4.66. The van der Waals surface area contributed by atoms with Crippen LogP contribution in [-0.2, 0) is 4.79 Å². The number of carbonyl (C=O) groups is 2. The molecule has 0 heterocycles. The van der Waals surface area contributed by atoms with Gasteiger partial charge < -0.3 is 10.4 Å². The lowest BCUT2D eigenvalue weighted by atomic mass is 9.86. The number of fused-ring (bicyclic) bond motifs is 1. The van der Waals surface area contributed by atoms with Crippen molar-refractivity contribution in [1.29, 1.82) is 0 Å². The minimum Gasteiger partial charge on any atom is -0.481 e. The van der Waals surface area contributed by atoms with Crippen LogP contribution in [0.4, 0.5) is 0 Å². The van der Waals surface area contributed by atoms with Crippen molar-refractivity contribution in [3.63, 3.8) is 0 Å². The van der Waals surface area contributed by atoms with Crippen LogP contribution >= 0.6 is 15.9 Å². The quantitative estimate of drug-likeness (QED) is 0.852. The van der Waals surface area contributed by atoms with Crippen molar-refractivity contribution in [2.24, 2.45) is 5.92 Å². The lowest BCUT2D eigenvalue weighted by Gasteiger charge is -2.26. The molecular weight excluding hydrogens is 358 g/mol. The summed E-state index contributed by atoms with van der Waals surface area (Å²) in [7, 11) is 0. The molecule has 2 aromatic carbocycles. The lowest BCUT2D eigenvalue weighted by molar-refractivity contribution is -0.142. The second-order valence-electron chi connectivity index (χ2n) is 6.07. The third-order valence-electron chi connectivity index (χ3n) is 4.48. The van der Waals surface area contributed by atoms with E-state index in [9.17, 15) is 9.59 Å². The van der Waals surface area contributed by atoms with E-state index in [0.717, 1.165) is 28.1 Å². The summed E-state index contributed by atoms with van der Waals surface area (Å²) in [6, 6.07) is 11.7. The van der Waals surface area contributed by atoms with E-state index in [2.05, 4.69) is 21.2 Å². The molecule has 2 aromatic rings. The van der Waals surface area contributed by atoms with E-state index < -0.39 is 5.97 Å². The number of rotatable bonds is 3. The van der Waals surface area contributed by atoms with Crippen LogP contribution < -0.4 is 5.32 Å². The molecule has 1 aliphatic carbocycles. The van der Waals surface area contributed by atoms with Gasteiger partial charge in [0, 0.05) is 16.1 Å². The van der Waals surface area contributed by atoms with Gasteiger partial charge in [0.05, 0.1) is 5.92 Å². The van der Waals surface area contributed by atoms with E-state index in [-0.39, 0.29) is 17.9 Å². The lowest BCUT2D eigenvalue weighted by Crippen LogP contribution is -2.38. The predicted octanol–water partition coefficient (Wildman–Crippen LogP) is 3.98. The molecule has 0 spiro atoms. The van der Waals surface area contributed by atoms with Gasteiger partial charge in [-0.15, -0.1) is 0 Å². The third-order valence-corrected chi connectivity index (χ3v) is 4.97. The fourth-order valence-electron chi connectivity index (χ4n) is 3.11. The van der Waals surface area contributed by atoms with Gasteiger partial charge in [0.1, 0.15) is 0 Å². The van der Waals surface area contributed by atoms with E-state index >= 15 is 0 Å². The number of benzene rings is 2. The summed E-state index contributed by atoms with van der Waals surface area (Å²) in [6.45, 7) is 0. The van der Waals surface area contributed by atoms with E-state index in [1.165, 1.54) is 0 Å². The molecule has 0 atom stereocenters. The zero-order valence-corrected chi connectivity index (χ0v) is 14.2. The van der Waals surface area contributed by atoms with E-state index in [1.807, 2.05) is 36.4 Å². The molecule has 0 aromatic heterocycles. The Hall–Kier alpha value is -1.88. The van der Waals surface area contributed by atoms with Crippen LogP contribution in [0.15, 0.2) is 40.9 Å². The first-order chi connectivity index (χ1) is 11.0. The highest BCUT2D eigenvalue weighted by molar-refractivity contribution is 9.10. The van der Waals surface area contributed by atoms with Gasteiger partial charge in [-0.2, -0.15) is 0 Å². The summed E-state index contributed by atoms with van der Waals surface area (Å²) in [6.07, 6.45) is 2.71. The Labute approximate surface area is 143 Å². The zero-order valence-electron chi connectivity index (χ0n) is 12.6. The molecule has 0 radical (unpaired) electrons. The molecule has 4 nitrogen and oxygen atoms in total. The fraction of sp³-hybridized carbons (Fsp3) is 0.333. The summed E-state index contributed by atoms with van der Waals surface area (Å²) in [5.74, 6) is -1.08. The molecule has 120 valence electrons. The number of carbonyl (C=O) groups excluding carboxylic acids is 1. The van der Waals surface area contributed by atoms with Crippen molar-refractivity contribution in [2.75, 3.05) is 0 Å². The van der Waals surface area contributed by atoms with Crippen LogP contribution in [0.3, 0.4) is 0 Å². The second kappa shape index (κ2) is 6.71. The van der Waals surface area contributed by atoms with E-state index in [1.54, 1.807) is 0 Å². The van der Waals surface area contributed by atoms with Gasteiger partial charge >= 0.3 is 5.97 Å². The molecule has 0 saturated heterocycles. The molecule has 1 aliphatic rings. The molecular formula is C18H18BrNO3. The Balaban J connectivity index is 1.67. The van der Waals surface area contributed by atoms with Gasteiger partial charge in [-0.25, -0.2) is 0 Å². The highest BCUT2D eigenvalue weighted by Gasteiger charge is 2.26. The minimum absolute atomic E-state index is 0.0683. The van der Waals surface area contributed by atoms with Crippen molar-refractivity contribution < 1.29 is 14.7 Å².